The van der Waals surface area contributed by atoms with E-state index in [1.165, 1.54) is 5.56 Å². The SMILES string of the molecule is Nc1nc2ccccc2nc1NCCc1ccsc1. The molecule has 96 valence electrons. The summed E-state index contributed by atoms with van der Waals surface area (Å²) in [4.78, 5) is 8.84. The lowest BCUT2D eigenvalue weighted by Gasteiger charge is -2.08. The first-order chi connectivity index (χ1) is 9.33. The number of nitrogen functional groups attached to an aromatic ring is 1. The Morgan fingerprint density at radius 2 is 1.89 bits per heavy atom. The molecule has 3 rings (SSSR count). The highest BCUT2D eigenvalue weighted by atomic mass is 32.1. The van der Waals surface area contributed by atoms with Crippen molar-refractivity contribution < 1.29 is 0 Å². The molecule has 4 nitrogen and oxygen atoms in total. The Labute approximate surface area is 115 Å². The molecule has 1 aromatic carbocycles. The van der Waals surface area contributed by atoms with Crippen molar-refractivity contribution in [3.8, 4) is 0 Å². The van der Waals surface area contributed by atoms with E-state index in [1.807, 2.05) is 24.3 Å². The van der Waals surface area contributed by atoms with E-state index < -0.39 is 0 Å². The fourth-order valence-electron chi connectivity index (χ4n) is 1.90. The monoisotopic (exact) mass is 270 g/mol. The van der Waals surface area contributed by atoms with E-state index in [1.54, 1.807) is 11.3 Å². The Morgan fingerprint density at radius 1 is 1.11 bits per heavy atom. The summed E-state index contributed by atoms with van der Waals surface area (Å²) in [6, 6.07) is 9.85. The molecule has 0 saturated carbocycles. The fourth-order valence-corrected chi connectivity index (χ4v) is 2.61. The molecule has 0 saturated heterocycles. The van der Waals surface area contributed by atoms with Gasteiger partial charge in [0.1, 0.15) is 0 Å². The van der Waals surface area contributed by atoms with Gasteiger partial charge in [0, 0.05) is 6.54 Å². The van der Waals surface area contributed by atoms with Crippen LogP contribution in [0.15, 0.2) is 41.1 Å². The topological polar surface area (TPSA) is 63.8 Å². The third-order valence-corrected chi connectivity index (χ3v) is 3.62. The van der Waals surface area contributed by atoms with Gasteiger partial charge in [0.2, 0.25) is 0 Å². The maximum Gasteiger partial charge on any atom is 0.169 e. The number of hydrogen-bond donors (Lipinski definition) is 2. The average Bonchev–Trinajstić information content (AvgIpc) is 2.92. The van der Waals surface area contributed by atoms with Gasteiger partial charge in [-0.2, -0.15) is 11.3 Å². The molecule has 0 aliphatic rings. The summed E-state index contributed by atoms with van der Waals surface area (Å²) >= 11 is 1.71. The largest absolute Gasteiger partial charge is 0.381 e. The number of thiophene rings is 1. The maximum absolute atomic E-state index is 5.91. The van der Waals surface area contributed by atoms with Crippen LogP contribution in [-0.4, -0.2) is 16.5 Å². The molecule has 19 heavy (non-hydrogen) atoms. The van der Waals surface area contributed by atoms with Crippen molar-refractivity contribution in [2.45, 2.75) is 6.42 Å². The molecule has 2 heterocycles. The second-order valence-corrected chi connectivity index (χ2v) is 5.03. The zero-order valence-corrected chi connectivity index (χ0v) is 11.2. The van der Waals surface area contributed by atoms with Crippen molar-refractivity contribution in [3.05, 3.63) is 46.7 Å². The second-order valence-electron chi connectivity index (χ2n) is 4.25. The molecule has 0 aliphatic heterocycles. The summed E-state index contributed by atoms with van der Waals surface area (Å²) < 4.78 is 0. The van der Waals surface area contributed by atoms with E-state index in [2.05, 4.69) is 32.1 Å². The van der Waals surface area contributed by atoms with Crippen LogP contribution < -0.4 is 11.1 Å². The van der Waals surface area contributed by atoms with E-state index in [-0.39, 0.29) is 0 Å². The van der Waals surface area contributed by atoms with Crippen molar-refractivity contribution in [1.82, 2.24) is 9.97 Å². The first-order valence-corrected chi connectivity index (χ1v) is 7.04. The zero-order valence-electron chi connectivity index (χ0n) is 10.3. The first kappa shape index (κ1) is 11.9. The van der Waals surface area contributed by atoms with E-state index in [0.29, 0.717) is 11.6 Å². The van der Waals surface area contributed by atoms with Crippen molar-refractivity contribution in [2.75, 3.05) is 17.6 Å². The summed E-state index contributed by atoms with van der Waals surface area (Å²) in [5.74, 6) is 1.11. The van der Waals surface area contributed by atoms with Crippen LogP contribution in [0.5, 0.6) is 0 Å². The summed E-state index contributed by atoms with van der Waals surface area (Å²) in [5, 5.41) is 7.48. The van der Waals surface area contributed by atoms with Gasteiger partial charge in [-0.05, 0) is 40.9 Å². The Kier molecular flexibility index (Phi) is 3.29. The Bertz CT molecular complexity index is 679. The highest BCUT2D eigenvalue weighted by Gasteiger charge is 2.04. The van der Waals surface area contributed by atoms with Gasteiger partial charge in [-0.3, -0.25) is 0 Å². The molecular weight excluding hydrogens is 256 g/mol. The molecule has 0 spiro atoms. The lowest BCUT2D eigenvalue weighted by Crippen LogP contribution is -2.09. The van der Waals surface area contributed by atoms with E-state index in [0.717, 1.165) is 24.0 Å². The number of fused-ring (bicyclic) bond motifs is 1. The van der Waals surface area contributed by atoms with Crippen LogP contribution in [0.2, 0.25) is 0 Å². The third-order valence-electron chi connectivity index (χ3n) is 2.88. The molecule has 3 N–H and O–H groups in total. The van der Waals surface area contributed by atoms with Crippen LogP contribution in [-0.2, 0) is 6.42 Å². The summed E-state index contributed by atoms with van der Waals surface area (Å²) in [7, 11) is 0. The normalized spacial score (nSPS) is 10.7. The smallest absolute Gasteiger partial charge is 0.169 e. The molecule has 0 radical (unpaired) electrons. The van der Waals surface area contributed by atoms with Gasteiger partial charge in [0.15, 0.2) is 11.6 Å². The molecule has 3 aromatic rings. The maximum atomic E-state index is 5.91. The van der Waals surface area contributed by atoms with E-state index in [9.17, 15) is 0 Å². The molecule has 0 atom stereocenters. The number of nitrogens with two attached hydrogens (primary N) is 1. The lowest BCUT2D eigenvalue weighted by molar-refractivity contribution is 1.01. The number of nitrogens with one attached hydrogen (secondary N) is 1. The fraction of sp³-hybridized carbons (Fsp3) is 0.143. The molecular formula is C14H14N4S. The first-order valence-electron chi connectivity index (χ1n) is 6.10. The number of nitrogens with zero attached hydrogens (tertiary/aromatic N) is 2. The number of para-hydroxylation sites is 2. The summed E-state index contributed by atoms with van der Waals surface area (Å²) in [6.07, 6.45) is 0.956. The van der Waals surface area contributed by atoms with Gasteiger partial charge in [0.25, 0.3) is 0 Å². The lowest BCUT2D eigenvalue weighted by atomic mass is 10.2. The van der Waals surface area contributed by atoms with Crippen LogP contribution >= 0.6 is 11.3 Å². The average molecular weight is 270 g/mol. The Balaban J connectivity index is 1.75. The predicted molar refractivity (Wildman–Crippen MR) is 80.5 cm³/mol. The Morgan fingerprint density at radius 3 is 2.63 bits per heavy atom. The molecule has 0 unspecified atom stereocenters. The van der Waals surface area contributed by atoms with Crippen LogP contribution in [0.1, 0.15) is 5.56 Å². The van der Waals surface area contributed by atoms with E-state index in [4.69, 9.17) is 5.73 Å². The molecule has 0 bridgehead atoms. The van der Waals surface area contributed by atoms with Gasteiger partial charge in [-0.1, -0.05) is 12.1 Å². The van der Waals surface area contributed by atoms with Crippen LogP contribution in [0.25, 0.3) is 11.0 Å². The number of aromatic nitrogens is 2. The summed E-state index contributed by atoms with van der Waals surface area (Å²) in [6.45, 7) is 0.800. The Hall–Kier alpha value is -2.14. The zero-order chi connectivity index (χ0) is 13.1. The van der Waals surface area contributed by atoms with Crippen LogP contribution in [0, 0.1) is 0 Å². The number of rotatable bonds is 4. The van der Waals surface area contributed by atoms with Crippen molar-refractivity contribution in [3.63, 3.8) is 0 Å². The predicted octanol–water partition coefficient (Wildman–Crippen LogP) is 2.93. The van der Waals surface area contributed by atoms with Crippen LogP contribution in [0.4, 0.5) is 11.6 Å². The van der Waals surface area contributed by atoms with Gasteiger partial charge >= 0.3 is 0 Å². The molecule has 0 aliphatic carbocycles. The van der Waals surface area contributed by atoms with Gasteiger partial charge in [-0.25, -0.2) is 9.97 Å². The minimum atomic E-state index is 0.448. The highest BCUT2D eigenvalue weighted by Crippen LogP contribution is 2.18. The van der Waals surface area contributed by atoms with Crippen molar-refractivity contribution in [2.24, 2.45) is 0 Å². The third kappa shape index (κ3) is 2.66. The van der Waals surface area contributed by atoms with Gasteiger partial charge in [0.05, 0.1) is 11.0 Å². The van der Waals surface area contributed by atoms with Crippen molar-refractivity contribution in [1.29, 1.82) is 0 Å². The minimum absolute atomic E-state index is 0.448. The molecule has 2 aromatic heterocycles. The molecule has 5 heteroatoms. The van der Waals surface area contributed by atoms with Gasteiger partial charge < -0.3 is 11.1 Å². The minimum Gasteiger partial charge on any atom is -0.381 e. The molecule has 0 amide bonds. The van der Waals surface area contributed by atoms with Crippen molar-refractivity contribution >= 4 is 34.0 Å². The standard InChI is InChI=1S/C14H14N4S/c15-13-14(16-7-5-10-6-8-19-9-10)18-12-4-2-1-3-11(12)17-13/h1-4,6,8-9H,5,7H2,(H2,15,17)(H,16,18). The highest BCUT2D eigenvalue weighted by molar-refractivity contribution is 7.07. The number of hydrogen-bond acceptors (Lipinski definition) is 5. The molecule has 0 fully saturated rings. The van der Waals surface area contributed by atoms with E-state index >= 15 is 0 Å². The van der Waals surface area contributed by atoms with Crippen LogP contribution in [0.3, 0.4) is 0 Å². The second kappa shape index (κ2) is 5.24. The number of benzene rings is 1. The number of anilines is 2. The summed E-state index contributed by atoms with van der Waals surface area (Å²) in [5.41, 5.74) is 8.91. The quantitative estimate of drug-likeness (QED) is 0.765. The van der Waals surface area contributed by atoms with Gasteiger partial charge in [-0.15, -0.1) is 0 Å².